The molecule has 4 nitrogen and oxygen atoms in total. The highest BCUT2D eigenvalue weighted by molar-refractivity contribution is 7.86. The largest absolute Gasteiger partial charge is 0.741 e. The number of aryl methyl sites for hydroxylation is 2. The van der Waals surface area contributed by atoms with Crippen LogP contribution in [0.25, 0.3) is 33.6 Å². The van der Waals surface area contributed by atoms with Crippen molar-refractivity contribution in [3.05, 3.63) is 137 Å². The monoisotopic (exact) mass is 601 g/mol. The molecule has 0 unspecified atom stereocenters. The van der Waals surface area contributed by atoms with Crippen LogP contribution in [0, 0.1) is 13.8 Å². The van der Waals surface area contributed by atoms with Gasteiger partial charge >= 0.3 is 5.51 Å². The van der Waals surface area contributed by atoms with E-state index in [2.05, 4.69) is 128 Å². The maximum atomic E-state index is 10.7. The third kappa shape index (κ3) is 6.40. The van der Waals surface area contributed by atoms with Crippen LogP contribution >= 0.6 is 0 Å². The number of hydrogen-bond acceptors (Lipinski definition) is 3. The number of aromatic nitrogens is 1. The van der Waals surface area contributed by atoms with E-state index in [1.54, 1.807) is 0 Å². The minimum atomic E-state index is -6.09. The van der Waals surface area contributed by atoms with Crippen LogP contribution in [0.5, 0.6) is 0 Å². The molecular formula is C35H30F3NO3S. The Balaban J connectivity index is 0.000000407. The van der Waals surface area contributed by atoms with Gasteiger partial charge in [-0.3, -0.25) is 0 Å². The van der Waals surface area contributed by atoms with Crippen molar-refractivity contribution in [2.45, 2.75) is 38.7 Å². The number of alkyl halides is 3. The Bertz CT molecular complexity index is 1860. The number of fused-ring (bicyclic) bond motifs is 3. The van der Waals surface area contributed by atoms with Crippen LogP contribution in [0.2, 0.25) is 0 Å². The van der Waals surface area contributed by atoms with Crippen molar-refractivity contribution >= 4 is 10.1 Å². The van der Waals surface area contributed by atoms with Crippen molar-refractivity contribution in [3.63, 3.8) is 0 Å². The van der Waals surface area contributed by atoms with E-state index >= 15 is 0 Å². The van der Waals surface area contributed by atoms with E-state index in [1.807, 2.05) is 0 Å². The Kier molecular flexibility index (Phi) is 8.53. The molecule has 8 heteroatoms. The molecule has 0 radical (unpaired) electrons. The molecule has 1 aliphatic carbocycles. The van der Waals surface area contributed by atoms with Crippen LogP contribution in [-0.4, -0.2) is 18.5 Å². The first-order valence-electron chi connectivity index (χ1n) is 13.8. The molecule has 0 atom stereocenters. The molecule has 6 rings (SSSR count). The lowest BCUT2D eigenvalue weighted by atomic mass is 9.80. The van der Waals surface area contributed by atoms with Gasteiger partial charge in [0.15, 0.2) is 16.7 Å². The number of hydrogen-bond donors (Lipinski definition) is 0. The summed E-state index contributed by atoms with van der Waals surface area (Å²) in [5.74, 6) is 0. The number of rotatable bonds is 4. The van der Waals surface area contributed by atoms with Crippen molar-refractivity contribution in [2.75, 3.05) is 0 Å². The van der Waals surface area contributed by atoms with Gasteiger partial charge in [0.2, 0.25) is 11.4 Å². The predicted octanol–water partition coefficient (Wildman–Crippen LogP) is 7.79. The highest BCUT2D eigenvalue weighted by Crippen LogP contribution is 2.41. The molecule has 0 fully saturated rings. The Morgan fingerprint density at radius 2 is 1.21 bits per heavy atom. The molecule has 0 saturated heterocycles. The summed E-state index contributed by atoms with van der Waals surface area (Å²) < 4.78 is 61.5. The summed E-state index contributed by atoms with van der Waals surface area (Å²) in [6.07, 6.45) is 2.15. The molecule has 43 heavy (non-hydrogen) atoms. The molecule has 0 amide bonds. The van der Waals surface area contributed by atoms with E-state index in [0.717, 1.165) is 19.4 Å². The Morgan fingerprint density at radius 1 is 0.721 bits per heavy atom. The molecular weight excluding hydrogens is 571 g/mol. The van der Waals surface area contributed by atoms with Gasteiger partial charge in [-0.15, -0.1) is 0 Å². The lowest BCUT2D eigenvalue weighted by Gasteiger charge is -2.25. The quantitative estimate of drug-likeness (QED) is 0.120. The second kappa shape index (κ2) is 12.1. The molecule has 5 aromatic rings. The lowest BCUT2D eigenvalue weighted by molar-refractivity contribution is -0.667. The van der Waals surface area contributed by atoms with E-state index in [1.165, 1.54) is 61.5 Å². The van der Waals surface area contributed by atoms with Crippen molar-refractivity contribution in [3.8, 4) is 33.6 Å². The predicted molar refractivity (Wildman–Crippen MR) is 161 cm³/mol. The number of halogens is 3. The number of pyridine rings is 1. The standard InChI is InChI=1S/C34H30N.CHF3O3S/c1-24-18-19-25(2)33-29(24)20-21-30-31(27-14-8-4-9-15-27)22-32(28-16-10-5-11-17-28)35(34(30)33)23-26-12-6-3-7-13-26;2-1(3,4)8(5,6)7/h3-19,22H,20-21,23H2,1-2H3;(H,5,6,7)/q+1;/p-1. The fourth-order valence-corrected chi connectivity index (χ4v) is 5.68. The van der Waals surface area contributed by atoms with Crippen LogP contribution in [-0.2, 0) is 29.5 Å². The highest BCUT2D eigenvalue weighted by Gasteiger charge is 2.37. The number of nitrogens with zero attached hydrogens (tertiary/aromatic N) is 1. The first-order valence-corrected chi connectivity index (χ1v) is 15.2. The second-order valence-corrected chi connectivity index (χ2v) is 11.9. The van der Waals surface area contributed by atoms with Gasteiger partial charge in [-0.25, -0.2) is 8.42 Å². The minimum Gasteiger partial charge on any atom is -0.741 e. The zero-order valence-electron chi connectivity index (χ0n) is 23.7. The van der Waals surface area contributed by atoms with Gasteiger partial charge in [-0.05, 0) is 66.6 Å². The van der Waals surface area contributed by atoms with Crippen LogP contribution < -0.4 is 4.57 Å². The van der Waals surface area contributed by atoms with Gasteiger partial charge in [-0.1, -0.05) is 91.0 Å². The molecule has 0 spiro atoms. The average molecular weight is 602 g/mol. The van der Waals surface area contributed by atoms with Crippen molar-refractivity contribution < 1.29 is 30.7 Å². The first kappa shape index (κ1) is 30.2. The fourth-order valence-electron chi connectivity index (χ4n) is 5.68. The molecule has 0 N–H and O–H groups in total. The van der Waals surface area contributed by atoms with Crippen molar-refractivity contribution in [1.29, 1.82) is 0 Å². The molecule has 1 aliphatic rings. The van der Waals surface area contributed by atoms with Crippen LogP contribution in [0.1, 0.15) is 27.8 Å². The van der Waals surface area contributed by atoms with Gasteiger partial charge < -0.3 is 4.55 Å². The normalized spacial score (nSPS) is 12.5. The maximum absolute atomic E-state index is 10.7. The average Bonchev–Trinajstić information content (AvgIpc) is 2.99. The van der Waals surface area contributed by atoms with E-state index < -0.39 is 15.6 Å². The van der Waals surface area contributed by atoms with Crippen LogP contribution in [0.15, 0.2) is 109 Å². The maximum Gasteiger partial charge on any atom is 0.485 e. The summed E-state index contributed by atoms with van der Waals surface area (Å²) in [5.41, 5.74) is 9.38. The van der Waals surface area contributed by atoms with Gasteiger partial charge in [-0.2, -0.15) is 17.7 Å². The summed E-state index contributed by atoms with van der Waals surface area (Å²) in [4.78, 5) is 0. The Morgan fingerprint density at radius 3 is 1.77 bits per heavy atom. The third-order valence-electron chi connectivity index (χ3n) is 7.69. The summed E-state index contributed by atoms with van der Waals surface area (Å²) in [6, 6.07) is 39.7. The smallest absolute Gasteiger partial charge is 0.485 e. The molecule has 0 aliphatic heterocycles. The summed E-state index contributed by atoms with van der Waals surface area (Å²) in [6.45, 7) is 5.39. The van der Waals surface area contributed by atoms with Crippen molar-refractivity contribution in [1.82, 2.24) is 0 Å². The van der Waals surface area contributed by atoms with E-state index in [0.29, 0.717) is 0 Å². The molecule has 4 aromatic carbocycles. The molecule has 0 saturated carbocycles. The summed E-state index contributed by atoms with van der Waals surface area (Å²) >= 11 is 0. The fraction of sp³-hybridized carbons (Fsp3) is 0.171. The second-order valence-electron chi connectivity index (χ2n) is 10.5. The lowest BCUT2D eigenvalue weighted by Crippen LogP contribution is -2.42. The highest BCUT2D eigenvalue weighted by atomic mass is 32.2. The summed E-state index contributed by atoms with van der Waals surface area (Å²) in [5, 5.41) is 0. The van der Waals surface area contributed by atoms with Gasteiger partial charge in [0, 0.05) is 22.8 Å². The topological polar surface area (TPSA) is 61.1 Å². The molecule has 0 bridgehead atoms. The Labute approximate surface area is 249 Å². The molecule has 1 heterocycles. The SMILES string of the molecule is Cc1ccc(C)c2c1CCc1c(-c3ccccc3)cc(-c3ccccc3)[n+](Cc3ccccc3)c1-2.O=S(=O)([O-])C(F)(F)F. The van der Waals surface area contributed by atoms with Crippen LogP contribution in [0.3, 0.4) is 0 Å². The van der Waals surface area contributed by atoms with E-state index in [9.17, 15) is 13.2 Å². The van der Waals surface area contributed by atoms with Gasteiger partial charge in [0.05, 0.1) is 5.56 Å². The van der Waals surface area contributed by atoms with Crippen molar-refractivity contribution in [2.24, 2.45) is 0 Å². The molecule has 1 aromatic heterocycles. The Hall–Kier alpha value is -4.27. The van der Waals surface area contributed by atoms with E-state index in [4.69, 9.17) is 13.0 Å². The molecule has 220 valence electrons. The van der Waals surface area contributed by atoms with Gasteiger partial charge in [0.25, 0.3) is 0 Å². The van der Waals surface area contributed by atoms with E-state index in [-0.39, 0.29) is 0 Å². The van der Waals surface area contributed by atoms with Gasteiger partial charge in [0.1, 0.15) is 0 Å². The third-order valence-corrected chi connectivity index (χ3v) is 8.26. The minimum absolute atomic E-state index is 0.843. The zero-order valence-corrected chi connectivity index (χ0v) is 24.5. The number of benzene rings is 4. The first-order chi connectivity index (χ1) is 20.5. The van der Waals surface area contributed by atoms with Crippen LogP contribution in [0.4, 0.5) is 13.2 Å². The zero-order chi connectivity index (χ0) is 30.8. The summed E-state index contributed by atoms with van der Waals surface area (Å²) in [7, 11) is -6.09.